The Morgan fingerprint density at radius 2 is 1.58 bits per heavy atom. The van der Waals surface area contributed by atoms with Crippen LogP contribution in [0.1, 0.15) is 27.5 Å². The fourth-order valence-electron chi connectivity index (χ4n) is 3.95. The van der Waals surface area contributed by atoms with Crippen molar-refractivity contribution in [1.29, 1.82) is 0 Å². The van der Waals surface area contributed by atoms with Crippen LogP contribution in [-0.4, -0.2) is 30.4 Å². The van der Waals surface area contributed by atoms with E-state index in [2.05, 4.69) is 4.90 Å². The summed E-state index contributed by atoms with van der Waals surface area (Å²) in [5, 5.41) is 1.55. The Balaban J connectivity index is 1.66. The molecule has 1 aliphatic rings. The van der Waals surface area contributed by atoms with Crippen molar-refractivity contribution in [3.63, 3.8) is 0 Å². The molecule has 172 valence electrons. The third kappa shape index (κ3) is 5.24. The highest BCUT2D eigenvalue weighted by atomic mass is 35.5. The molecule has 0 N–H and O–H groups in total. The minimum absolute atomic E-state index is 0.00217. The molecule has 3 aromatic rings. The van der Waals surface area contributed by atoms with Crippen molar-refractivity contribution in [2.24, 2.45) is 0 Å². The highest BCUT2D eigenvalue weighted by molar-refractivity contribution is 6.36. The van der Waals surface area contributed by atoms with Crippen molar-refractivity contribution in [1.82, 2.24) is 4.90 Å². The number of benzene rings is 3. The first-order valence-electron chi connectivity index (χ1n) is 10.1. The van der Waals surface area contributed by atoms with Crippen molar-refractivity contribution in [3.8, 4) is 0 Å². The van der Waals surface area contributed by atoms with E-state index in [1.807, 2.05) is 18.2 Å². The number of hydrogen-bond donors (Lipinski definition) is 0. The van der Waals surface area contributed by atoms with Crippen LogP contribution in [0.25, 0.3) is 0 Å². The van der Waals surface area contributed by atoms with Crippen LogP contribution >= 0.6 is 34.8 Å². The molecule has 0 aliphatic carbocycles. The lowest BCUT2D eigenvalue weighted by Gasteiger charge is -2.43. The van der Waals surface area contributed by atoms with E-state index >= 15 is 0 Å². The fourth-order valence-corrected chi connectivity index (χ4v) is 4.59. The van der Waals surface area contributed by atoms with Gasteiger partial charge in [-0.1, -0.05) is 53.0 Å². The number of anilines is 1. The Morgan fingerprint density at radius 3 is 2.24 bits per heavy atom. The maximum Gasteiger partial charge on any atom is 0.416 e. The van der Waals surface area contributed by atoms with Gasteiger partial charge >= 0.3 is 6.18 Å². The van der Waals surface area contributed by atoms with E-state index in [9.17, 15) is 18.0 Å². The van der Waals surface area contributed by atoms with E-state index in [4.69, 9.17) is 34.8 Å². The number of carbonyl (C=O) groups is 1. The predicted octanol–water partition coefficient (Wildman–Crippen LogP) is 7.37. The van der Waals surface area contributed by atoms with Gasteiger partial charge in [0.15, 0.2) is 0 Å². The van der Waals surface area contributed by atoms with Gasteiger partial charge in [0.1, 0.15) is 0 Å². The van der Waals surface area contributed by atoms with Gasteiger partial charge in [-0.25, -0.2) is 0 Å². The van der Waals surface area contributed by atoms with E-state index in [0.29, 0.717) is 28.2 Å². The van der Waals surface area contributed by atoms with Crippen molar-refractivity contribution < 1.29 is 18.0 Å². The molecule has 0 spiro atoms. The molecule has 1 saturated heterocycles. The lowest BCUT2D eigenvalue weighted by atomic mass is 10.00. The summed E-state index contributed by atoms with van der Waals surface area (Å²) in [6, 6.07) is 16.6. The number of hydrogen-bond acceptors (Lipinski definition) is 2. The van der Waals surface area contributed by atoms with Crippen LogP contribution in [0.4, 0.5) is 18.9 Å². The monoisotopic (exact) mass is 512 g/mol. The van der Waals surface area contributed by atoms with Crippen LogP contribution in [0.15, 0.2) is 66.7 Å². The minimum atomic E-state index is -4.52. The summed E-state index contributed by atoms with van der Waals surface area (Å²) in [5.74, 6) is -0.457. The van der Waals surface area contributed by atoms with E-state index in [0.717, 1.165) is 23.4 Å². The van der Waals surface area contributed by atoms with Gasteiger partial charge < -0.3 is 9.80 Å². The van der Waals surface area contributed by atoms with Gasteiger partial charge in [-0.15, -0.1) is 0 Å². The number of rotatable bonds is 3. The fraction of sp³-hybridized carbons (Fsp3) is 0.208. The summed E-state index contributed by atoms with van der Waals surface area (Å²) in [5.41, 5.74) is 0.797. The van der Waals surface area contributed by atoms with Crippen molar-refractivity contribution >= 4 is 46.4 Å². The molecule has 1 unspecified atom stereocenters. The Morgan fingerprint density at radius 1 is 0.879 bits per heavy atom. The third-order valence-corrected chi connectivity index (χ3v) is 6.37. The van der Waals surface area contributed by atoms with Gasteiger partial charge in [-0.05, 0) is 54.1 Å². The molecule has 3 aromatic carbocycles. The molecule has 1 atom stereocenters. The molecular formula is C24H18Cl3F3N2O. The molecule has 0 aromatic heterocycles. The first kappa shape index (κ1) is 23.7. The number of halogens is 6. The molecule has 1 fully saturated rings. The zero-order valence-electron chi connectivity index (χ0n) is 17.1. The quantitative estimate of drug-likeness (QED) is 0.365. The number of carbonyl (C=O) groups excluding carboxylic acids is 1. The van der Waals surface area contributed by atoms with Crippen LogP contribution in [0.3, 0.4) is 0 Å². The molecule has 33 heavy (non-hydrogen) atoms. The van der Waals surface area contributed by atoms with Crippen LogP contribution in [0.2, 0.25) is 15.1 Å². The van der Waals surface area contributed by atoms with Crippen molar-refractivity contribution in [2.75, 3.05) is 24.5 Å². The van der Waals surface area contributed by atoms with Gasteiger partial charge in [-0.2, -0.15) is 13.2 Å². The van der Waals surface area contributed by atoms with Gasteiger partial charge in [0, 0.05) is 35.2 Å². The largest absolute Gasteiger partial charge is 0.416 e. The van der Waals surface area contributed by atoms with Crippen LogP contribution in [0, 0.1) is 0 Å². The van der Waals surface area contributed by atoms with Gasteiger partial charge in [0.25, 0.3) is 5.91 Å². The first-order valence-corrected chi connectivity index (χ1v) is 11.2. The lowest BCUT2D eigenvalue weighted by molar-refractivity contribution is -0.137. The smallest absolute Gasteiger partial charge is 0.360 e. The van der Waals surface area contributed by atoms with Crippen molar-refractivity contribution in [3.05, 3.63) is 98.5 Å². The van der Waals surface area contributed by atoms with E-state index < -0.39 is 17.6 Å². The summed E-state index contributed by atoms with van der Waals surface area (Å²) >= 11 is 18.6. The van der Waals surface area contributed by atoms with E-state index in [-0.39, 0.29) is 18.2 Å². The Labute approximate surface area is 204 Å². The maximum absolute atomic E-state index is 13.1. The summed E-state index contributed by atoms with van der Waals surface area (Å²) in [4.78, 5) is 16.8. The van der Waals surface area contributed by atoms with Crippen LogP contribution in [0.5, 0.6) is 0 Å². The topological polar surface area (TPSA) is 23.6 Å². The number of piperazine rings is 1. The van der Waals surface area contributed by atoms with Crippen LogP contribution < -0.4 is 4.90 Å². The SMILES string of the molecule is O=C(c1cccc(C(F)(F)F)c1)N1CCN(c2ccc(Cl)cc2Cl)C(c2ccc(Cl)cc2)C1. The molecule has 1 aliphatic heterocycles. The number of nitrogens with zero attached hydrogens (tertiary/aromatic N) is 2. The van der Waals surface area contributed by atoms with Gasteiger partial charge in [-0.3, -0.25) is 4.79 Å². The highest BCUT2D eigenvalue weighted by Crippen LogP contribution is 2.37. The first-order chi connectivity index (χ1) is 15.6. The van der Waals surface area contributed by atoms with Crippen molar-refractivity contribution in [2.45, 2.75) is 12.2 Å². The average Bonchev–Trinajstić information content (AvgIpc) is 2.78. The predicted molar refractivity (Wildman–Crippen MR) is 125 cm³/mol. The number of amides is 1. The second-order valence-corrected chi connectivity index (χ2v) is 8.97. The molecule has 0 bridgehead atoms. The Hall–Kier alpha value is -2.41. The molecule has 0 saturated carbocycles. The molecule has 4 rings (SSSR count). The molecule has 1 heterocycles. The molecule has 3 nitrogen and oxygen atoms in total. The number of alkyl halides is 3. The standard InChI is InChI=1S/C24H18Cl3F3N2O/c25-18-6-4-15(5-7-18)22-14-31(10-11-32(22)21-9-8-19(26)13-20(21)27)23(33)16-2-1-3-17(12-16)24(28,29)30/h1-9,12-13,22H,10-11,14H2. The molecule has 9 heteroatoms. The summed E-state index contributed by atoms with van der Waals surface area (Å²) in [7, 11) is 0. The second-order valence-electron chi connectivity index (χ2n) is 7.69. The highest BCUT2D eigenvalue weighted by Gasteiger charge is 2.34. The van der Waals surface area contributed by atoms with Crippen LogP contribution in [-0.2, 0) is 6.18 Å². The summed E-state index contributed by atoms with van der Waals surface area (Å²) in [6.45, 7) is 1.01. The van der Waals surface area contributed by atoms with Gasteiger partial charge in [0.2, 0.25) is 0 Å². The average molecular weight is 514 g/mol. The molecule has 1 amide bonds. The maximum atomic E-state index is 13.1. The van der Waals surface area contributed by atoms with Gasteiger partial charge in [0.05, 0.1) is 22.3 Å². The van der Waals surface area contributed by atoms with E-state index in [1.54, 1.807) is 29.2 Å². The Bertz CT molecular complexity index is 1170. The zero-order valence-corrected chi connectivity index (χ0v) is 19.4. The second kappa shape index (κ2) is 9.45. The molecular weight excluding hydrogens is 496 g/mol. The van der Waals surface area contributed by atoms with E-state index in [1.165, 1.54) is 12.1 Å². The third-order valence-electron chi connectivity index (χ3n) is 5.58. The molecule has 0 radical (unpaired) electrons. The Kier molecular flexibility index (Phi) is 6.80. The minimum Gasteiger partial charge on any atom is -0.360 e. The lowest BCUT2D eigenvalue weighted by Crippen LogP contribution is -2.50. The normalized spacial score (nSPS) is 16.7. The summed E-state index contributed by atoms with van der Waals surface area (Å²) < 4.78 is 39.4. The summed E-state index contributed by atoms with van der Waals surface area (Å²) in [6.07, 6.45) is -4.52. The zero-order chi connectivity index (χ0) is 23.8.